The summed E-state index contributed by atoms with van der Waals surface area (Å²) >= 11 is 0. The highest BCUT2D eigenvalue weighted by Crippen LogP contribution is 2.42. The largest absolute Gasteiger partial charge is 0.517 e. The van der Waals surface area contributed by atoms with Gasteiger partial charge in [-0.3, -0.25) is 4.79 Å². The second kappa shape index (κ2) is 12.3. The molecular formula is C19H43NO4Si2. The molecule has 0 aliphatic heterocycles. The van der Waals surface area contributed by atoms with Gasteiger partial charge in [-0.2, -0.15) is 0 Å². The average molecular weight is 406 g/mol. The molecule has 0 spiro atoms. The van der Waals surface area contributed by atoms with Crippen LogP contribution < -0.4 is 5.32 Å². The summed E-state index contributed by atoms with van der Waals surface area (Å²) in [7, 11) is -2.45. The van der Waals surface area contributed by atoms with Gasteiger partial charge in [0.25, 0.3) is 8.32 Å². The van der Waals surface area contributed by atoms with Crippen LogP contribution in [0, 0.1) is 0 Å². The first-order valence-corrected chi connectivity index (χ1v) is 14.8. The van der Waals surface area contributed by atoms with Crippen molar-refractivity contribution in [2.45, 2.75) is 90.5 Å². The zero-order chi connectivity index (χ0) is 20.4. The zero-order valence-corrected chi connectivity index (χ0v) is 20.6. The first-order chi connectivity index (χ1) is 12.1. The monoisotopic (exact) mass is 405 g/mol. The Morgan fingerprint density at radius 2 is 1.58 bits per heavy atom. The van der Waals surface area contributed by atoms with E-state index in [9.17, 15) is 4.79 Å². The van der Waals surface area contributed by atoms with Crippen molar-refractivity contribution in [1.82, 2.24) is 5.32 Å². The van der Waals surface area contributed by atoms with E-state index in [0.29, 0.717) is 16.6 Å². The third kappa shape index (κ3) is 7.80. The third-order valence-electron chi connectivity index (χ3n) is 5.29. The SMILES string of the molecule is CCCO[Si](C)(CCCNCC(=O)O[Si](C(C)C)(C(C)C)C(C)C)OC. The summed E-state index contributed by atoms with van der Waals surface area (Å²) in [5, 5.41) is 3.24. The fourth-order valence-corrected chi connectivity index (χ4v) is 11.0. The Labute approximate surface area is 163 Å². The Morgan fingerprint density at radius 1 is 1.04 bits per heavy atom. The molecule has 0 heterocycles. The van der Waals surface area contributed by atoms with Crippen molar-refractivity contribution in [3.8, 4) is 0 Å². The lowest BCUT2D eigenvalue weighted by Gasteiger charge is -2.41. The lowest BCUT2D eigenvalue weighted by Crippen LogP contribution is -2.50. The van der Waals surface area contributed by atoms with Gasteiger partial charge in [-0.15, -0.1) is 0 Å². The van der Waals surface area contributed by atoms with Crippen LogP contribution in [0.3, 0.4) is 0 Å². The molecular weight excluding hydrogens is 362 g/mol. The maximum atomic E-state index is 12.4. The Hall–Kier alpha value is -0.216. The summed E-state index contributed by atoms with van der Waals surface area (Å²) in [5.41, 5.74) is 1.24. The van der Waals surface area contributed by atoms with Crippen LogP contribution in [0.25, 0.3) is 0 Å². The molecule has 0 bridgehead atoms. The molecule has 1 atom stereocenters. The molecule has 26 heavy (non-hydrogen) atoms. The molecule has 0 aliphatic carbocycles. The fourth-order valence-electron chi connectivity index (χ4n) is 3.86. The van der Waals surface area contributed by atoms with E-state index >= 15 is 0 Å². The lowest BCUT2D eigenvalue weighted by molar-refractivity contribution is -0.134. The number of nitrogens with one attached hydrogen (secondary N) is 1. The quantitative estimate of drug-likeness (QED) is 0.331. The summed E-state index contributed by atoms with van der Waals surface area (Å²) in [4.78, 5) is 12.4. The highest BCUT2D eigenvalue weighted by atomic mass is 28.4. The van der Waals surface area contributed by atoms with Crippen LogP contribution in [0.2, 0.25) is 29.2 Å². The number of rotatable bonds is 14. The van der Waals surface area contributed by atoms with Crippen LogP contribution in [-0.4, -0.2) is 49.7 Å². The maximum absolute atomic E-state index is 12.4. The minimum atomic E-state index is -2.13. The van der Waals surface area contributed by atoms with Crippen LogP contribution in [0.15, 0.2) is 0 Å². The van der Waals surface area contributed by atoms with Crippen LogP contribution >= 0.6 is 0 Å². The molecule has 0 aromatic rings. The van der Waals surface area contributed by atoms with E-state index in [2.05, 4.69) is 60.3 Å². The van der Waals surface area contributed by atoms with Crippen molar-refractivity contribution < 1.29 is 18.1 Å². The Kier molecular flexibility index (Phi) is 12.2. The Morgan fingerprint density at radius 3 is 2.00 bits per heavy atom. The zero-order valence-electron chi connectivity index (χ0n) is 18.6. The average Bonchev–Trinajstić information content (AvgIpc) is 2.56. The first kappa shape index (κ1) is 25.8. The van der Waals surface area contributed by atoms with Gasteiger partial charge in [0.2, 0.25) is 0 Å². The van der Waals surface area contributed by atoms with Gasteiger partial charge in [0, 0.05) is 13.7 Å². The second-order valence-corrected chi connectivity index (χ2v) is 17.1. The summed E-state index contributed by atoms with van der Waals surface area (Å²) in [5.74, 6) is -0.109. The number of carbonyl (C=O) groups excluding carboxylic acids is 1. The van der Waals surface area contributed by atoms with Crippen molar-refractivity contribution in [3.63, 3.8) is 0 Å². The van der Waals surface area contributed by atoms with E-state index in [-0.39, 0.29) is 12.5 Å². The molecule has 0 saturated heterocycles. The van der Waals surface area contributed by atoms with Crippen molar-refractivity contribution >= 4 is 22.8 Å². The van der Waals surface area contributed by atoms with Gasteiger partial charge in [0.15, 0.2) is 0 Å². The Bertz CT molecular complexity index is 383. The van der Waals surface area contributed by atoms with Crippen LogP contribution in [-0.2, 0) is 18.1 Å². The third-order valence-corrected chi connectivity index (χ3v) is 14.2. The molecule has 0 saturated carbocycles. The standard InChI is InChI=1S/C19H43NO4Si2/c1-10-13-23-25(9,22-8)14-11-12-20-15-19(21)24-26(16(2)3,17(4)5)18(6)7/h16-18,20H,10-15H2,1-9H3. The van der Waals surface area contributed by atoms with Crippen molar-refractivity contribution in [2.75, 3.05) is 26.8 Å². The number of hydrogen-bond acceptors (Lipinski definition) is 5. The fraction of sp³-hybridized carbons (Fsp3) is 0.947. The molecule has 0 aromatic heterocycles. The van der Waals surface area contributed by atoms with E-state index in [4.69, 9.17) is 13.3 Å². The van der Waals surface area contributed by atoms with Crippen molar-refractivity contribution in [2.24, 2.45) is 0 Å². The van der Waals surface area contributed by atoms with Crippen LogP contribution in [0.5, 0.6) is 0 Å². The lowest BCUT2D eigenvalue weighted by atomic mass is 10.5. The van der Waals surface area contributed by atoms with Gasteiger partial charge >= 0.3 is 14.5 Å². The Balaban J connectivity index is 4.41. The summed E-state index contributed by atoms with van der Waals surface area (Å²) in [6, 6.07) is 0.925. The topological polar surface area (TPSA) is 56.8 Å². The van der Waals surface area contributed by atoms with Gasteiger partial charge in [-0.25, -0.2) is 0 Å². The predicted molar refractivity (Wildman–Crippen MR) is 114 cm³/mol. The molecule has 1 unspecified atom stereocenters. The molecule has 1 N–H and O–H groups in total. The number of carbonyl (C=O) groups is 1. The predicted octanol–water partition coefficient (Wildman–Crippen LogP) is 4.83. The van der Waals surface area contributed by atoms with Gasteiger partial charge in [-0.05, 0) is 48.6 Å². The molecule has 7 heteroatoms. The van der Waals surface area contributed by atoms with E-state index < -0.39 is 16.9 Å². The molecule has 0 aromatic carbocycles. The molecule has 5 nitrogen and oxygen atoms in total. The number of hydrogen-bond donors (Lipinski definition) is 1. The van der Waals surface area contributed by atoms with Gasteiger partial charge < -0.3 is 18.6 Å². The summed E-state index contributed by atoms with van der Waals surface area (Å²) < 4.78 is 17.7. The highest BCUT2D eigenvalue weighted by molar-refractivity contribution is 6.78. The van der Waals surface area contributed by atoms with Gasteiger partial charge in [-0.1, -0.05) is 48.5 Å². The van der Waals surface area contributed by atoms with Crippen LogP contribution in [0.4, 0.5) is 0 Å². The van der Waals surface area contributed by atoms with E-state index in [1.807, 2.05) is 0 Å². The van der Waals surface area contributed by atoms with E-state index in [1.165, 1.54) is 0 Å². The smallest absolute Gasteiger partial charge is 0.334 e. The summed E-state index contributed by atoms with van der Waals surface area (Å²) in [6.45, 7) is 19.2. The molecule has 0 rings (SSSR count). The first-order valence-electron chi connectivity index (χ1n) is 10.2. The second-order valence-electron chi connectivity index (χ2n) is 8.26. The summed E-state index contributed by atoms with van der Waals surface area (Å²) in [6.07, 6.45) is 1.94. The molecule has 0 fully saturated rings. The van der Waals surface area contributed by atoms with Gasteiger partial charge in [0.05, 0.1) is 6.54 Å². The van der Waals surface area contributed by atoms with Gasteiger partial charge in [0.1, 0.15) is 0 Å². The van der Waals surface area contributed by atoms with Crippen molar-refractivity contribution in [3.05, 3.63) is 0 Å². The molecule has 0 radical (unpaired) electrons. The van der Waals surface area contributed by atoms with E-state index in [0.717, 1.165) is 32.0 Å². The normalized spacial score (nSPS) is 14.9. The minimum absolute atomic E-state index is 0.109. The maximum Gasteiger partial charge on any atom is 0.334 e. The minimum Gasteiger partial charge on any atom is -0.517 e. The highest BCUT2D eigenvalue weighted by Gasteiger charge is 2.48. The van der Waals surface area contributed by atoms with Crippen LogP contribution in [0.1, 0.15) is 61.3 Å². The molecule has 156 valence electrons. The molecule has 0 aliphatic rings. The van der Waals surface area contributed by atoms with E-state index in [1.54, 1.807) is 7.11 Å². The van der Waals surface area contributed by atoms with Crippen molar-refractivity contribution in [1.29, 1.82) is 0 Å². The molecule has 0 amide bonds.